The van der Waals surface area contributed by atoms with Gasteiger partial charge in [0, 0.05) is 47.8 Å². The predicted octanol–water partition coefficient (Wildman–Crippen LogP) is 4.32. The average Bonchev–Trinajstić information content (AvgIpc) is 3.52. The number of hydrazine groups is 2. The minimum atomic E-state index is -0.731. The standard InChI is InChI=1S/C33H33Cl2N9O3/c34-23-10-11-29(44-19-30(35)41-42-44)25(15-23)26-16-31(45)43(20-39-26)28-9-2-1-3-13-37-33(47)27(40-24-8-4-6-21(28)14-24)18-38-32(46)22-7-5-12-36-17-22/h4-8,10-12,14-17,19-20,27-28,40-42H,1-3,9,13,18H2,(H,37,47)(H,38,46)/t27-,28+/m1/s1. The van der Waals surface area contributed by atoms with Gasteiger partial charge >= 0.3 is 0 Å². The molecule has 47 heavy (non-hydrogen) atoms. The second-order valence-electron chi connectivity index (χ2n) is 11.2. The highest BCUT2D eigenvalue weighted by atomic mass is 35.5. The SMILES string of the molecule is O=C(NC[C@H]1Nc2cccc(c2)[C@@H](n2cnc(-c3cc(Cl)ccc3N3C=C(Cl)NN3)cc2=O)CCCCCNC1=O)c1cccnc1. The van der Waals surface area contributed by atoms with E-state index < -0.39 is 6.04 Å². The molecule has 14 heteroatoms. The molecule has 12 nitrogen and oxygen atoms in total. The number of halogens is 2. The van der Waals surface area contributed by atoms with Crippen LogP contribution >= 0.6 is 23.2 Å². The maximum absolute atomic E-state index is 13.8. The molecule has 6 rings (SSSR count). The Morgan fingerprint density at radius 1 is 1.02 bits per heavy atom. The van der Waals surface area contributed by atoms with Crippen LogP contribution in [0.2, 0.25) is 5.02 Å². The van der Waals surface area contributed by atoms with Crippen LogP contribution < -0.4 is 37.5 Å². The first-order valence-electron chi connectivity index (χ1n) is 15.2. The fraction of sp³-hybridized carbons (Fsp3) is 0.242. The first-order chi connectivity index (χ1) is 22.9. The van der Waals surface area contributed by atoms with Crippen molar-refractivity contribution >= 4 is 46.4 Å². The monoisotopic (exact) mass is 673 g/mol. The van der Waals surface area contributed by atoms with E-state index in [0.29, 0.717) is 51.3 Å². The Labute approximate surface area is 281 Å². The number of fused-ring (bicyclic) bond motifs is 2. The van der Waals surface area contributed by atoms with Crippen molar-refractivity contribution in [3.63, 3.8) is 0 Å². The lowest BCUT2D eigenvalue weighted by atomic mass is 9.99. The van der Waals surface area contributed by atoms with Crippen LogP contribution in [-0.2, 0) is 4.79 Å². The molecule has 242 valence electrons. The van der Waals surface area contributed by atoms with E-state index in [-0.39, 0.29) is 30.0 Å². The first kappa shape index (κ1) is 32.0. The highest BCUT2D eigenvalue weighted by Gasteiger charge is 2.23. The van der Waals surface area contributed by atoms with Gasteiger partial charge in [0.1, 0.15) is 11.2 Å². The smallest absolute Gasteiger partial charge is 0.254 e. The van der Waals surface area contributed by atoms with E-state index in [0.717, 1.165) is 24.8 Å². The number of carbonyl (C=O) groups is 2. The number of aromatic nitrogens is 3. The molecule has 0 spiro atoms. The summed E-state index contributed by atoms with van der Waals surface area (Å²) in [6, 6.07) is 16.8. The quantitative estimate of drug-likeness (QED) is 0.189. The van der Waals surface area contributed by atoms with Crippen molar-refractivity contribution in [1.29, 1.82) is 0 Å². The van der Waals surface area contributed by atoms with Gasteiger partial charge in [-0.05, 0) is 60.9 Å². The van der Waals surface area contributed by atoms with E-state index in [9.17, 15) is 14.4 Å². The summed E-state index contributed by atoms with van der Waals surface area (Å²) in [5.41, 5.74) is 9.34. The molecule has 0 radical (unpaired) electrons. The van der Waals surface area contributed by atoms with Crippen LogP contribution in [0.4, 0.5) is 11.4 Å². The van der Waals surface area contributed by atoms with Crippen molar-refractivity contribution in [2.24, 2.45) is 0 Å². The summed E-state index contributed by atoms with van der Waals surface area (Å²) in [5, 5.41) is 11.7. The van der Waals surface area contributed by atoms with E-state index in [1.54, 1.807) is 52.6 Å². The zero-order valence-electron chi connectivity index (χ0n) is 25.2. The van der Waals surface area contributed by atoms with Crippen molar-refractivity contribution in [3.8, 4) is 11.3 Å². The zero-order valence-corrected chi connectivity index (χ0v) is 26.8. The Morgan fingerprint density at radius 2 is 1.91 bits per heavy atom. The molecule has 0 fully saturated rings. The van der Waals surface area contributed by atoms with Gasteiger partial charge in [-0.15, -0.1) is 5.53 Å². The Morgan fingerprint density at radius 3 is 2.70 bits per heavy atom. The molecule has 0 unspecified atom stereocenters. The number of carbonyl (C=O) groups excluding carboxylic acids is 2. The minimum absolute atomic E-state index is 0.0640. The predicted molar refractivity (Wildman–Crippen MR) is 182 cm³/mol. The van der Waals surface area contributed by atoms with Gasteiger partial charge in [0.15, 0.2) is 0 Å². The summed E-state index contributed by atoms with van der Waals surface area (Å²) < 4.78 is 1.65. The van der Waals surface area contributed by atoms with Crippen molar-refractivity contribution in [1.82, 2.24) is 36.1 Å². The van der Waals surface area contributed by atoms with Crippen LogP contribution in [-0.4, -0.2) is 45.5 Å². The van der Waals surface area contributed by atoms with Crippen LogP contribution in [0.25, 0.3) is 11.3 Å². The first-order valence-corrected chi connectivity index (χ1v) is 16.0. The van der Waals surface area contributed by atoms with Crippen LogP contribution in [0.3, 0.4) is 0 Å². The van der Waals surface area contributed by atoms with Crippen molar-refractivity contribution in [2.75, 3.05) is 23.4 Å². The highest BCUT2D eigenvalue weighted by Crippen LogP contribution is 2.33. The number of hydrogen-bond acceptors (Lipinski definition) is 9. The Bertz CT molecular complexity index is 1850. The second kappa shape index (κ2) is 14.7. The van der Waals surface area contributed by atoms with Crippen molar-refractivity contribution in [2.45, 2.75) is 37.8 Å². The van der Waals surface area contributed by atoms with Crippen molar-refractivity contribution in [3.05, 3.63) is 117 Å². The third kappa shape index (κ3) is 7.74. The molecule has 0 aliphatic carbocycles. The molecular formula is C33H33Cl2N9O3. The summed E-state index contributed by atoms with van der Waals surface area (Å²) in [6.07, 6.45) is 9.46. The summed E-state index contributed by atoms with van der Waals surface area (Å²) >= 11 is 12.4. The number of pyridine rings is 1. The Balaban J connectivity index is 1.28. The largest absolute Gasteiger partial charge is 0.372 e. The third-order valence-corrected chi connectivity index (χ3v) is 8.40. The second-order valence-corrected chi connectivity index (χ2v) is 12.0. The Hall–Kier alpha value is -4.91. The Kier molecular flexibility index (Phi) is 10.0. The van der Waals surface area contributed by atoms with Gasteiger partial charge < -0.3 is 16.0 Å². The lowest BCUT2D eigenvalue weighted by Crippen LogP contribution is -2.47. The lowest BCUT2D eigenvalue weighted by molar-refractivity contribution is -0.121. The van der Waals surface area contributed by atoms with Gasteiger partial charge in [0.25, 0.3) is 11.5 Å². The fourth-order valence-corrected chi connectivity index (χ4v) is 5.93. The molecule has 5 N–H and O–H groups in total. The average molecular weight is 675 g/mol. The van der Waals surface area contributed by atoms with Crippen LogP contribution in [0.15, 0.2) is 95.5 Å². The topological polar surface area (TPSA) is 145 Å². The maximum Gasteiger partial charge on any atom is 0.254 e. The molecule has 0 saturated carbocycles. The number of rotatable bonds is 6. The number of anilines is 2. The molecule has 4 aromatic rings. The van der Waals surface area contributed by atoms with Gasteiger partial charge in [0.05, 0.1) is 35.5 Å². The van der Waals surface area contributed by atoms with Gasteiger partial charge in [-0.2, -0.15) is 0 Å². The molecule has 4 heterocycles. The molecule has 2 aromatic carbocycles. The molecule has 0 saturated heterocycles. The normalized spacial score (nSPS) is 18.4. The molecule has 2 amide bonds. The molecule has 2 atom stereocenters. The third-order valence-electron chi connectivity index (χ3n) is 7.98. The molecule has 2 bridgehead atoms. The zero-order chi connectivity index (χ0) is 32.8. The number of nitrogens with zero attached hydrogens (tertiary/aromatic N) is 4. The van der Waals surface area contributed by atoms with Gasteiger partial charge in [0.2, 0.25) is 5.91 Å². The van der Waals surface area contributed by atoms with Crippen LogP contribution in [0.1, 0.15) is 47.6 Å². The van der Waals surface area contributed by atoms with E-state index in [2.05, 4.69) is 31.9 Å². The van der Waals surface area contributed by atoms with E-state index in [4.69, 9.17) is 28.2 Å². The van der Waals surface area contributed by atoms with Crippen molar-refractivity contribution < 1.29 is 9.59 Å². The van der Waals surface area contributed by atoms with E-state index in [1.807, 2.05) is 30.3 Å². The molecular weight excluding hydrogens is 641 g/mol. The van der Waals surface area contributed by atoms with Gasteiger partial charge in [-0.1, -0.05) is 48.2 Å². The number of nitrogens with one attached hydrogen (secondary N) is 5. The lowest BCUT2D eigenvalue weighted by Gasteiger charge is -2.23. The van der Waals surface area contributed by atoms with Gasteiger partial charge in [-0.3, -0.25) is 34.4 Å². The molecule has 2 aliphatic rings. The molecule has 2 aliphatic heterocycles. The van der Waals surface area contributed by atoms with Crippen LogP contribution in [0, 0.1) is 0 Å². The maximum atomic E-state index is 13.8. The highest BCUT2D eigenvalue weighted by molar-refractivity contribution is 6.31. The minimum Gasteiger partial charge on any atom is -0.372 e. The summed E-state index contributed by atoms with van der Waals surface area (Å²) in [5.74, 6) is -0.537. The summed E-state index contributed by atoms with van der Waals surface area (Å²) in [7, 11) is 0. The number of hydrogen-bond donors (Lipinski definition) is 5. The fourth-order valence-electron chi connectivity index (χ4n) is 5.62. The van der Waals surface area contributed by atoms with E-state index >= 15 is 0 Å². The number of benzene rings is 2. The van der Waals surface area contributed by atoms with E-state index in [1.165, 1.54) is 12.3 Å². The number of amides is 2. The van der Waals surface area contributed by atoms with Gasteiger partial charge in [-0.25, -0.2) is 4.98 Å². The van der Waals surface area contributed by atoms with Crippen LogP contribution in [0.5, 0.6) is 0 Å². The summed E-state index contributed by atoms with van der Waals surface area (Å²) in [6.45, 7) is 0.560. The summed E-state index contributed by atoms with van der Waals surface area (Å²) in [4.78, 5) is 48.3. The molecule has 2 aromatic heterocycles.